The first-order valence-electron chi connectivity index (χ1n) is 8.64. The van der Waals surface area contributed by atoms with Gasteiger partial charge < -0.3 is 10.6 Å². The van der Waals surface area contributed by atoms with Crippen molar-refractivity contribution in [3.63, 3.8) is 0 Å². The maximum Gasteiger partial charge on any atom is 0.252 e. The molecule has 2 aromatic rings. The number of hydrogen-bond donors (Lipinski definition) is 3. The van der Waals surface area contributed by atoms with E-state index in [1.54, 1.807) is 18.2 Å². The number of H-pyrrole nitrogens is 1. The Morgan fingerprint density at radius 3 is 2.59 bits per heavy atom. The minimum absolute atomic E-state index is 0.207. The highest BCUT2D eigenvalue weighted by Gasteiger charge is 2.39. The van der Waals surface area contributed by atoms with E-state index >= 15 is 0 Å². The lowest BCUT2D eigenvalue weighted by molar-refractivity contribution is -0.126. The van der Waals surface area contributed by atoms with Crippen LogP contribution in [-0.2, 0) is 9.59 Å². The van der Waals surface area contributed by atoms with Gasteiger partial charge in [0.05, 0.1) is 6.20 Å². The number of amides is 2. The van der Waals surface area contributed by atoms with Gasteiger partial charge in [-0.3, -0.25) is 14.7 Å². The quantitative estimate of drug-likeness (QED) is 0.594. The van der Waals surface area contributed by atoms with Gasteiger partial charge in [-0.2, -0.15) is 15.3 Å². The fraction of sp³-hybridized carbons (Fsp3) is 0.316. The first-order valence-corrected chi connectivity index (χ1v) is 8.64. The van der Waals surface area contributed by atoms with E-state index < -0.39 is 11.7 Å². The molecular formula is C19H20N6O2. The zero-order valence-electron chi connectivity index (χ0n) is 14.7. The number of benzene rings is 1. The molecule has 1 aromatic carbocycles. The Bertz CT molecular complexity index is 848. The molecule has 3 N–H and O–H groups in total. The average molecular weight is 364 g/mol. The van der Waals surface area contributed by atoms with Crippen LogP contribution >= 0.6 is 0 Å². The average Bonchev–Trinajstić information content (AvgIpc) is 3.28. The topological polar surface area (TPSA) is 112 Å². The van der Waals surface area contributed by atoms with Gasteiger partial charge in [0, 0.05) is 31.7 Å². The van der Waals surface area contributed by atoms with Crippen molar-refractivity contribution < 1.29 is 9.59 Å². The summed E-state index contributed by atoms with van der Waals surface area (Å²) < 4.78 is 0. The monoisotopic (exact) mass is 364 g/mol. The minimum Gasteiger partial charge on any atom is -0.341 e. The molecule has 0 radical (unpaired) electrons. The van der Waals surface area contributed by atoms with E-state index in [9.17, 15) is 9.59 Å². The highest BCUT2D eigenvalue weighted by molar-refractivity contribution is 5.97. The molecule has 1 atom stereocenters. The number of aromatic amines is 1. The molecular weight excluding hydrogens is 344 g/mol. The van der Waals surface area contributed by atoms with E-state index in [-0.39, 0.29) is 18.2 Å². The lowest BCUT2D eigenvalue weighted by Gasteiger charge is -2.19. The second-order valence-corrected chi connectivity index (χ2v) is 6.26. The molecule has 0 aliphatic carbocycles. The first-order chi connectivity index (χ1) is 13.1. The highest BCUT2D eigenvalue weighted by atomic mass is 16.2. The van der Waals surface area contributed by atoms with Crippen LogP contribution in [0.25, 0.3) is 0 Å². The number of nitrogens with one attached hydrogen (secondary N) is 3. The molecule has 0 fully saturated rings. The summed E-state index contributed by atoms with van der Waals surface area (Å²) in [6, 6.07) is 9.86. The van der Waals surface area contributed by atoms with Crippen LogP contribution in [0.2, 0.25) is 0 Å². The Morgan fingerprint density at radius 1 is 1.19 bits per heavy atom. The van der Waals surface area contributed by atoms with Gasteiger partial charge in [-0.1, -0.05) is 30.3 Å². The number of carbonyl (C=O) groups is 2. The molecule has 2 heterocycles. The van der Waals surface area contributed by atoms with Crippen molar-refractivity contribution in [1.82, 2.24) is 15.5 Å². The van der Waals surface area contributed by atoms with Gasteiger partial charge in [0.15, 0.2) is 5.66 Å². The fourth-order valence-corrected chi connectivity index (χ4v) is 2.69. The largest absolute Gasteiger partial charge is 0.341 e. The van der Waals surface area contributed by atoms with E-state index in [4.69, 9.17) is 6.42 Å². The Balaban J connectivity index is 1.62. The number of anilines is 1. The van der Waals surface area contributed by atoms with Crippen molar-refractivity contribution in [3.05, 3.63) is 48.2 Å². The van der Waals surface area contributed by atoms with Crippen LogP contribution in [0.15, 0.2) is 52.8 Å². The second kappa shape index (κ2) is 8.27. The highest BCUT2D eigenvalue weighted by Crippen LogP contribution is 2.37. The summed E-state index contributed by atoms with van der Waals surface area (Å²) in [6.07, 6.45) is 8.69. The van der Waals surface area contributed by atoms with E-state index in [0.717, 1.165) is 0 Å². The van der Waals surface area contributed by atoms with Gasteiger partial charge in [-0.05, 0) is 5.56 Å². The predicted octanol–water partition coefficient (Wildman–Crippen LogP) is 2.56. The standard InChI is InChI=1S/C19H20N6O2/c1-2-3-11-19(24-25-19)12-9-16(26)22-17(14-7-5-4-6-8-14)18(27)21-15-10-13-20-23-15/h1,4-8,10,13,17H,3,9,11-12H2,(H,22,26)(H2,20,21,23,27). The molecule has 1 aliphatic heterocycles. The summed E-state index contributed by atoms with van der Waals surface area (Å²) in [5.74, 6) is 2.41. The summed E-state index contributed by atoms with van der Waals surface area (Å²) in [5.41, 5.74) is 0.162. The van der Waals surface area contributed by atoms with Gasteiger partial charge in [-0.25, -0.2) is 0 Å². The van der Waals surface area contributed by atoms with Crippen molar-refractivity contribution in [2.75, 3.05) is 5.32 Å². The third kappa shape index (κ3) is 5.01. The fourth-order valence-electron chi connectivity index (χ4n) is 2.69. The zero-order chi connectivity index (χ0) is 19.1. The number of hydrogen-bond acceptors (Lipinski definition) is 5. The SMILES string of the molecule is C#CCCC1(CCC(=O)NC(C(=O)Nc2ccn[nH]2)c2ccccc2)N=N1. The van der Waals surface area contributed by atoms with Gasteiger partial charge >= 0.3 is 0 Å². The maximum atomic E-state index is 12.7. The molecule has 8 heteroatoms. The Labute approximate surface area is 156 Å². The smallest absolute Gasteiger partial charge is 0.252 e. The predicted molar refractivity (Wildman–Crippen MR) is 99.4 cm³/mol. The second-order valence-electron chi connectivity index (χ2n) is 6.26. The molecule has 3 rings (SSSR count). The van der Waals surface area contributed by atoms with Crippen molar-refractivity contribution in [1.29, 1.82) is 0 Å². The van der Waals surface area contributed by atoms with Crippen molar-refractivity contribution in [2.45, 2.75) is 37.4 Å². The van der Waals surface area contributed by atoms with Crippen molar-refractivity contribution in [3.8, 4) is 12.3 Å². The number of aromatic nitrogens is 2. The number of nitrogens with zero attached hydrogens (tertiary/aromatic N) is 3. The molecule has 1 unspecified atom stereocenters. The molecule has 27 heavy (non-hydrogen) atoms. The normalized spacial score (nSPS) is 14.8. The van der Waals surface area contributed by atoms with E-state index in [0.29, 0.717) is 30.6 Å². The molecule has 1 aliphatic rings. The van der Waals surface area contributed by atoms with Gasteiger partial charge in [-0.15, -0.1) is 12.3 Å². The summed E-state index contributed by atoms with van der Waals surface area (Å²) in [6.45, 7) is 0. The molecule has 138 valence electrons. The van der Waals surface area contributed by atoms with E-state index in [1.165, 1.54) is 6.20 Å². The molecule has 0 bridgehead atoms. The van der Waals surface area contributed by atoms with E-state index in [1.807, 2.05) is 18.2 Å². The van der Waals surface area contributed by atoms with Crippen LogP contribution in [0, 0.1) is 12.3 Å². The third-order valence-corrected chi connectivity index (χ3v) is 4.26. The van der Waals surface area contributed by atoms with Crippen LogP contribution in [0.5, 0.6) is 0 Å². The van der Waals surface area contributed by atoms with Crippen LogP contribution in [-0.4, -0.2) is 27.7 Å². The van der Waals surface area contributed by atoms with Crippen LogP contribution in [0.4, 0.5) is 5.82 Å². The molecule has 8 nitrogen and oxygen atoms in total. The van der Waals surface area contributed by atoms with Crippen LogP contribution in [0.1, 0.15) is 37.3 Å². The molecule has 0 saturated carbocycles. The van der Waals surface area contributed by atoms with Gasteiger partial charge in [0.1, 0.15) is 11.9 Å². The molecule has 0 saturated heterocycles. The summed E-state index contributed by atoms with van der Waals surface area (Å²) in [7, 11) is 0. The Hall–Kier alpha value is -3.47. The molecule has 0 spiro atoms. The molecule has 2 amide bonds. The summed E-state index contributed by atoms with van der Waals surface area (Å²) >= 11 is 0. The Morgan fingerprint density at radius 2 is 1.96 bits per heavy atom. The molecule has 1 aromatic heterocycles. The van der Waals surface area contributed by atoms with Crippen LogP contribution < -0.4 is 10.6 Å². The third-order valence-electron chi connectivity index (χ3n) is 4.26. The number of rotatable bonds is 9. The van der Waals surface area contributed by atoms with Crippen molar-refractivity contribution in [2.24, 2.45) is 10.2 Å². The van der Waals surface area contributed by atoms with Gasteiger partial charge in [0.2, 0.25) is 5.91 Å². The van der Waals surface area contributed by atoms with Crippen LogP contribution in [0.3, 0.4) is 0 Å². The number of terminal acetylenes is 1. The zero-order valence-corrected chi connectivity index (χ0v) is 14.7. The van der Waals surface area contributed by atoms with Crippen molar-refractivity contribution >= 4 is 17.6 Å². The summed E-state index contributed by atoms with van der Waals surface area (Å²) in [4.78, 5) is 25.1. The minimum atomic E-state index is -0.822. The van der Waals surface area contributed by atoms with Gasteiger partial charge in [0.25, 0.3) is 5.91 Å². The van der Waals surface area contributed by atoms with E-state index in [2.05, 4.69) is 37.0 Å². The lowest BCUT2D eigenvalue weighted by Crippen LogP contribution is -2.37. The first kappa shape index (κ1) is 18.3. The lowest BCUT2D eigenvalue weighted by atomic mass is 10.0. The maximum absolute atomic E-state index is 12.7. The summed E-state index contributed by atoms with van der Waals surface area (Å²) in [5, 5.41) is 20.0. The Kier molecular flexibility index (Phi) is 5.61. The number of carbonyl (C=O) groups excluding carboxylic acids is 2.